The molecule has 0 atom stereocenters. The molecule has 0 unspecified atom stereocenters. The molecule has 0 saturated heterocycles. The molecule has 0 aliphatic heterocycles. The molecular weight excluding hydrogens is 182 g/mol. The Kier molecular flexibility index (Phi) is 144. The fourth-order valence-corrected chi connectivity index (χ4v) is 0. The smallest absolute Gasteiger partial charge is 0 e. The average Bonchev–Trinajstić information content (AvgIpc) is 1.00. The minimum atomic E-state index is 0. The van der Waals surface area contributed by atoms with E-state index in [2.05, 4.69) is 0 Å². The first-order chi connectivity index (χ1) is 1.00. The van der Waals surface area contributed by atoms with Gasteiger partial charge in [0.15, 0.2) is 0 Å². The van der Waals surface area contributed by atoms with Crippen LogP contribution in [-0.4, -0.2) is 27.4 Å². The summed E-state index contributed by atoms with van der Waals surface area (Å²) in [5.74, 6) is 0. The summed E-state index contributed by atoms with van der Waals surface area (Å²) < 4.78 is 8.25. The van der Waals surface area contributed by atoms with Gasteiger partial charge in [0.1, 0.15) is 0 Å². The second kappa shape index (κ2) is 30.3. The van der Waals surface area contributed by atoms with Crippen molar-refractivity contribution in [2.45, 2.75) is 0 Å². The van der Waals surface area contributed by atoms with Gasteiger partial charge >= 0.3 is 20.2 Å². The summed E-state index contributed by atoms with van der Waals surface area (Å²) in [7, 11) is 0. The van der Waals surface area contributed by atoms with Crippen LogP contribution in [0.5, 0.6) is 0 Å². The molecule has 0 rings (SSSR count). The van der Waals surface area contributed by atoms with Crippen molar-refractivity contribution in [3.63, 3.8) is 0 Å². The largest absolute Gasteiger partial charge is 0 e. The summed E-state index contributed by atoms with van der Waals surface area (Å²) in [5, 5.41) is 0. The van der Waals surface area contributed by atoms with Gasteiger partial charge in [-0.25, -0.2) is 0 Å². The van der Waals surface area contributed by atoms with E-state index in [1.165, 1.54) is 0 Å². The van der Waals surface area contributed by atoms with Crippen LogP contribution in [0.15, 0.2) is 0 Å². The minimum Gasteiger partial charge on any atom is 0 e. The third-order valence-corrected chi connectivity index (χ3v) is 0. The zero-order valence-corrected chi connectivity index (χ0v) is 8.18. The Labute approximate surface area is 50.8 Å². The van der Waals surface area contributed by atoms with Gasteiger partial charge in [-0.3, -0.25) is 0 Å². The van der Waals surface area contributed by atoms with Crippen LogP contribution in [0.4, 0.5) is 0 Å². The maximum Gasteiger partial charge on any atom is 0 e. The monoisotopic (exact) mass is 182 g/mol. The standard InChI is InChI=1S/GeO.Si.Zn/c1-2;;. The number of rotatable bonds is 0. The van der Waals surface area contributed by atoms with Crippen LogP contribution in [-0.2, 0) is 23.3 Å². The van der Waals surface area contributed by atoms with Gasteiger partial charge in [0, 0.05) is 30.4 Å². The summed E-state index contributed by atoms with van der Waals surface area (Å²) in [6.45, 7) is 0. The zero-order chi connectivity index (χ0) is 2.00. The SMILES string of the molecule is [O]=[Ge].[Si].[Zn]. The van der Waals surface area contributed by atoms with Crippen LogP contribution in [0.2, 0.25) is 0 Å². The van der Waals surface area contributed by atoms with E-state index in [9.17, 15) is 0 Å². The molecule has 1 nitrogen and oxygen atoms in total. The Morgan fingerprint density at radius 3 is 1.25 bits per heavy atom. The third-order valence-electron chi connectivity index (χ3n) is 0. The van der Waals surface area contributed by atoms with Crippen molar-refractivity contribution in [1.82, 2.24) is 0 Å². The molecule has 0 bridgehead atoms. The number of hydrogen-bond donors (Lipinski definition) is 0. The van der Waals surface area contributed by atoms with Gasteiger partial charge < -0.3 is 0 Å². The molecule has 0 aliphatic rings. The molecule has 4 heteroatoms. The Morgan fingerprint density at radius 1 is 1.25 bits per heavy atom. The van der Waals surface area contributed by atoms with Crippen LogP contribution >= 0.6 is 0 Å². The predicted molar refractivity (Wildman–Crippen MR) is 12.2 cm³/mol. The molecule has 0 aromatic rings. The van der Waals surface area contributed by atoms with Gasteiger partial charge in [-0.05, 0) is 0 Å². The summed E-state index contributed by atoms with van der Waals surface area (Å²) in [6.07, 6.45) is 0. The Morgan fingerprint density at radius 2 is 1.25 bits per heavy atom. The number of hydrogen-bond acceptors (Lipinski definition) is 1. The van der Waals surface area contributed by atoms with Crippen LogP contribution in [0.3, 0.4) is 0 Å². The van der Waals surface area contributed by atoms with E-state index in [0.717, 1.165) is 16.5 Å². The van der Waals surface area contributed by atoms with Gasteiger partial charge in [-0.2, -0.15) is 0 Å². The van der Waals surface area contributed by atoms with Crippen molar-refractivity contribution in [3.05, 3.63) is 0 Å². The second-order valence-electron chi connectivity index (χ2n) is 0. The predicted octanol–water partition coefficient (Wildman–Crippen LogP) is -0.883. The van der Waals surface area contributed by atoms with Gasteiger partial charge in [0.05, 0.1) is 0 Å². The second-order valence-corrected chi connectivity index (χ2v) is 0. The first-order valence-electron chi connectivity index (χ1n) is 0.204. The van der Waals surface area contributed by atoms with E-state index in [1.54, 1.807) is 0 Å². The van der Waals surface area contributed by atoms with Crippen molar-refractivity contribution < 1.29 is 23.3 Å². The molecule has 0 saturated carbocycles. The summed E-state index contributed by atoms with van der Waals surface area (Å²) in [6, 6.07) is 0. The molecule has 16 valence electrons. The van der Waals surface area contributed by atoms with Crippen molar-refractivity contribution in [3.8, 4) is 0 Å². The van der Waals surface area contributed by atoms with Gasteiger partial charge in [-0.15, -0.1) is 0 Å². The first-order valence-corrected chi connectivity index (χ1v) is 1.06. The Bertz CT molecular complexity index is 8.00. The fourth-order valence-electron chi connectivity index (χ4n) is 0. The van der Waals surface area contributed by atoms with E-state index in [4.69, 9.17) is 3.78 Å². The average molecular weight is 182 g/mol. The van der Waals surface area contributed by atoms with Crippen molar-refractivity contribution in [2.24, 2.45) is 0 Å². The first kappa shape index (κ1) is 19.0. The molecule has 4 heavy (non-hydrogen) atoms. The maximum absolute atomic E-state index is 8.25. The van der Waals surface area contributed by atoms with Gasteiger partial charge in [0.2, 0.25) is 0 Å². The van der Waals surface area contributed by atoms with E-state index in [0.29, 0.717) is 0 Å². The van der Waals surface area contributed by atoms with Crippen molar-refractivity contribution >= 4 is 27.4 Å². The molecule has 0 amide bonds. The van der Waals surface area contributed by atoms with Gasteiger partial charge in [0.25, 0.3) is 0 Å². The van der Waals surface area contributed by atoms with Gasteiger partial charge in [-0.1, -0.05) is 0 Å². The maximum atomic E-state index is 8.25. The molecule has 0 heterocycles. The molecule has 0 aromatic carbocycles. The van der Waals surface area contributed by atoms with E-state index >= 15 is 0 Å². The van der Waals surface area contributed by atoms with Crippen LogP contribution in [0, 0.1) is 0 Å². The molecule has 0 aliphatic carbocycles. The molecule has 0 aromatic heterocycles. The third kappa shape index (κ3) is 10.8. The fraction of sp³-hybridized carbons (Fsp3) is 0. The zero-order valence-electron chi connectivity index (χ0n) is 2.12. The molecule has 0 N–H and O–H groups in total. The quantitative estimate of drug-likeness (QED) is 0.444. The van der Waals surface area contributed by atoms with E-state index < -0.39 is 0 Å². The Balaban J connectivity index is -0.00000000500. The summed E-state index contributed by atoms with van der Waals surface area (Å²) in [4.78, 5) is 0. The van der Waals surface area contributed by atoms with Crippen molar-refractivity contribution in [2.75, 3.05) is 0 Å². The van der Waals surface area contributed by atoms with Crippen LogP contribution in [0.25, 0.3) is 0 Å². The normalized spacial score (nSPS) is 1.00. The molecule has 0 spiro atoms. The molecular formula is GeOSiZn. The van der Waals surface area contributed by atoms with E-state index in [1.807, 2.05) is 0 Å². The molecule has 0 fully saturated rings. The topological polar surface area (TPSA) is 17.1 Å². The van der Waals surface area contributed by atoms with Crippen LogP contribution < -0.4 is 0 Å². The Hall–Kier alpha value is 1.18. The molecule has 6 radical (unpaired) electrons. The summed E-state index contributed by atoms with van der Waals surface area (Å²) >= 11 is 0.750. The minimum absolute atomic E-state index is 0. The van der Waals surface area contributed by atoms with Crippen molar-refractivity contribution in [1.29, 1.82) is 0 Å². The van der Waals surface area contributed by atoms with E-state index in [-0.39, 0.29) is 30.4 Å². The van der Waals surface area contributed by atoms with Crippen LogP contribution in [0.1, 0.15) is 0 Å². The summed E-state index contributed by atoms with van der Waals surface area (Å²) in [5.41, 5.74) is 0.